The van der Waals surface area contributed by atoms with Crippen molar-refractivity contribution in [2.45, 2.75) is 32.7 Å². The van der Waals surface area contributed by atoms with Crippen molar-refractivity contribution in [1.29, 1.82) is 0 Å². The largest absolute Gasteiger partial charge is 0.356 e. The van der Waals surface area contributed by atoms with Crippen molar-refractivity contribution in [3.8, 4) is 0 Å². The average molecular weight is 447 g/mol. The van der Waals surface area contributed by atoms with Crippen LogP contribution in [-0.4, -0.2) is 29.7 Å². The predicted molar refractivity (Wildman–Crippen MR) is 102 cm³/mol. The zero-order chi connectivity index (χ0) is 16.7. The second-order valence-electron chi connectivity index (χ2n) is 5.39. The molecule has 0 atom stereocenters. The van der Waals surface area contributed by atoms with Crippen LogP contribution < -0.4 is 10.6 Å². The maximum Gasteiger partial charge on any atom is 0.228 e. The lowest BCUT2D eigenvalue weighted by Gasteiger charge is -2.11. The summed E-state index contributed by atoms with van der Waals surface area (Å²) in [6, 6.07) is 6.65. The molecule has 1 aromatic heterocycles. The first-order chi connectivity index (χ1) is 11.1. The van der Waals surface area contributed by atoms with Gasteiger partial charge in [0.1, 0.15) is 5.82 Å². The van der Waals surface area contributed by atoms with Crippen LogP contribution in [0.1, 0.15) is 37.0 Å². The van der Waals surface area contributed by atoms with Gasteiger partial charge in [0, 0.05) is 38.0 Å². The third-order valence-corrected chi connectivity index (χ3v) is 3.26. The van der Waals surface area contributed by atoms with E-state index in [-0.39, 0.29) is 35.7 Å². The Kier molecular flexibility index (Phi) is 8.66. The molecule has 0 amide bonds. The van der Waals surface area contributed by atoms with E-state index in [2.05, 4.69) is 25.8 Å². The number of hydrogen-bond acceptors (Lipinski definition) is 4. The SMILES string of the molecule is CN=C(NCCc1nc(C(C)C)no1)NCc1ccccc1F.I. The maximum atomic E-state index is 13.6. The molecule has 0 saturated heterocycles. The lowest BCUT2D eigenvalue weighted by molar-refractivity contribution is 0.371. The van der Waals surface area contributed by atoms with Crippen molar-refractivity contribution >= 4 is 29.9 Å². The van der Waals surface area contributed by atoms with Gasteiger partial charge < -0.3 is 15.2 Å². The van der Waals surface area contributed by atoms with Gasteiger partial charge in [0.25, 0.3) is 0 Å². The fourth-order valence-electron chi connectivity index (χ4n) is 1.93. The Labute approximate surface area is 158 Å². The van der Waals surface area contributed by atoms with Crippen LogP contribution in [0.3, 0.4) is 0 Å². The first kappa shape index (κ1) is 20.3. The summed E-state index contributed by atoms with van der Waals surface area (Å²) in [6.07, 6.45) is 0.597. The highest BCUT2D eigenvalue weighted by Gasteiger charge is 2.09. The Morgan fingerprint density at radius 2 is 2.04 bits per heavy atom. The molecule has 132 valence electrons. The monoisotopic (exact) mass is 447 g/mol. The van der Waals surface area contributed by atoms with E-state index >= 15 is 0 Å². The summed E-state index contributed by atoms with van der Waals surface area (Å²) in [5.74, 6) is 1.91. The van der Waals surface area contributed by atoms with Crippen molar-refractivity contribution in [3.05, 3.63) is 47.4 Å². The third kappa shape index (κ3) is 6.06. The van der Waals surface area contributed by atoms with Gasteiger partial charge in [-0.25, -0.2) is 4.39 Å². The molecule has 24 heavy (non-hydrogen) atoms. The highest BCUT2D eigenvalue weighted by molar-refractivity contribution is 14.0. The van der Waals surface area contributed by atoms with Crippen LogP contribution in [0, 0.1) is 5.82 Å². The molecule has 0 fully saturated rings. The lowest BCUT2D eigenvalue weighted by Crippen LogP contribution is -2.38. The number of nitrogens with zero attached hydrogens (tertiary/aromatic N) is 3. The number of hydrogen-bond donors (Lipinski definition) is 2. The van der Waals surface area contributed by atoms with Gasteiger partial charge in [0.15, 0.2) is 11.8 Å². The summed E-state index contributed by atoms with van der Waals surface area (Å²) < 4.78 is 18.7. The fraction of sp³-hybridized carbons (Fsp3) is 0.438. The van der Waals surface area contributed by atoms with Gasteiger partial charge in [-0.2, -0.15) is 4.98 Å². The highest BCUT2D eigenvalue weighted by Crippen LogP contribution is 2.09. The van der Waals surface area contributed by atoms with Crippen molar-refractivity contribution in [2.24, 2.45) is 4.99 Å². The average Bonchev–Trinajstić information content (AvgIpc) is 3.01. The van der Waals surface area contributed by atoms with Crippen molar-refractivity contribution in [2.75, 3.05) is 13.6 Å². The second kappa shape index (κ2) is 10.2. The van der Waals surface area contributed by atoms with Crippen LogP contribution in [-0.2, 0) is 13.0 Å². The lowest BCUT2D eigenvalue weighted by atomic mass is 10.2. The molecular weight excluding hydrogens is 424 g/mol. The molecule has 2 N–H and O–H groups in total. The topological polar surface area (TPSA) is 75.3 Å². The van der Waals surface area contributed by atoms with E-state index in [1.165, 1.54) is 6.07 Å². The predicted octanol–water partition coefficient (Wildman–Crippen LogP) is 2.86. The van der Waals surface area contributed by atoms with Gasteiger partial charge in [-0.1, -0.05) is 37.2 Å². The molecule has 2 rings (SSSR count). The Bertz CT molecular complexity index is 659. The number of aliphatic imine (C=N–C) groups is 1. The Morgan fingerprint density at radius 1 is 1.29 bits per heavy atom. The van der Waals surface area contributed by atoms with Gasteiger partial charge in [-0.15, -0.1) is 24.0 Å². The highest BCUT2D eigenvalue weighted by atomic mass is 127. The van der Waals surface area contributed by atoms with Crippen LogP contribution >= 0.6 is 24.0 Å². The molecule has 2 aromatic rings. The summed E-state index contributed by atoms with van der Waals surface area (Å²) >= 11 is 0. The number of rotatable bonds is 6. The molecule has 0 bridgehead atoms. The van der Waals surface area contributed by atoms with Crippen LogP contribution in [0.2, 0.25) is 0 Å². The van der Waals surface area contributed by atoms with Crippen LogP contribution in [0.4, 0.5) is 4.39 Å². The number of halogens is 2. The van der Waals surface area contributed by atoms with E-state index in [0.717, 1.165) is 0 Å². The number of guanidine groups is 1. The van der Waals surface area contributed by atoms with Crippen molar-refractivity contribution in [3.63, 3.8) is 0 Å². The molecule has 0 spiro atoms. The maximum absolute atomic E-state index is 13.6. The Balaban J connectivity index is 0.00000288. The molecule has 0 aliphatic carbocycles. The van der Waals surface area contributed by atoms with Gasteiger partial charge in [0.2, 0.25) is 5.89 Å². The first-order valence-electron chi connectivity index (χ1n) is 7.60. The molecule has 6 nitrogen and oxygen atoms in total. The van der Waals surface area contributed by atoms with Crippen molar-refractivity contribution < 1.29 is 8.91 Å². The van der Waals surface area contributed by atoms with E-state index < -0.39 is 0 Å². The van der Waals surface area contributed by atoms with Crippen LogP contribution in [0.5, 0.6) is 0 Å². The molecule has 0 radical (unpaired) electrons. The van der Waals surface area contributed by atoms with Gasteiger partial charge in [-0.3, -0.25) is 4.99 Å². The zero-order valence-corrected chi connectivity index (χ0v) is 16.4. The number of aromatic nitrogens is 2. The minimum atomic E-state index is -0.234. The smallest absolute Gasteiger partial charge is 0.228 e. The number of benzene rings is 1. The van der Waals surface area contributed by atoms with E-state index in [9.17, 15) is 4.39 Å². The first-order valence-corrected chi connectivity index (χ1v) is 7.60. The molecule has 1 heterocycles. The van der Waals surface area contributed by atoms with E-state index in [1.807, 2.05) is 13.8 Å². The minimum absolute atomic E-state index is 0. The number of nitrogens with one attached hydrogen (secondary N) is 2. The zero-order valence-electron chi connectivity index (χ0n) is 14.0. The minimum Gasteiger partial charge on any atom is -0.356 e. The Morgan fingerprint density at radius 3 is 2.67 bits per heavy atom. The summed E-state index contributed by atoms with van der Waals surface area (Å²) in [5.41, 5.74) is 0.592. The van der Waals surface area contributed by atoms with Crippen LogP contribution in [0.25, 0.3) is 0 Å². The fourth-order valence-corrected chi connectivity index (χ4v) is 1.93. The molecule has 0 aliphatic rings. The van der Waals surface area contributed by atoms with Gasteiger partial charge >= 0.3 is 0 Å². The molecule has 1 aromatic carbocycles. The molecule has 0 saturated carbocycles. The van der Waals surface area contributed by atoms with Crippen LogP contribution in [0.15, 0.2) is 33.8 Å². The molecule has 0 unspecified atom stereocenters. The Hall–Kier alpha value is -1.71. The molecule has 8 heteroatoms. The van der Waals surface area contributed by atoms with E-state index in [0.29, 0.717) is 42.7 Å². The summed E-state index contributed by atoms with van der Waals surface area (Å²) in [5, 5.41) is 10.1. The van der Waals surface area contributed by atoms with E-state index in [4.69, 9.17) is 4.52 Å². The normalized spacial score (nSPS) is 11.3. The quantitative estimate of drug-likeness (QED) is 0.405. The summed E-state index contributed by atoms with van der Waals surface area (Å²) in [7, 11) is 1.67. The molecule has 0 aliphatic heterocycles. The second-order valence-corrected chi connectivity index (χ2v) is 5.39. The van der Waals surface area contributed by atoms with Gasteiger partial charge in [-0.05, 0) is 6.07 Å². The third-order valence-electron chi connectivity index (χ3n) is 3.26. The van der Waals surface area contributed by atoms with Gasteiger partial charge in [0.05, 0.1) is 0 Å². The summed E-state index contributed by atoms with van der Waals surface area (Å²) in [6.45, 7) is 4.99. The van der Waals surface area contributed by atoms with E-state index in [1.54, 1.807) is 25.2 Å². The summed E-state index contributed by atoms with van der Waals surface area (Å²) in [4.78, 5) is 8.41. The van der Waals surface area contributed by atoms with Crippen molar-refractivity contribution in [1.82, 2.24) is 20.8 Å². The standard InChI is InChI=1S/C16H22FN5O.HI/c1-11(2)15-21-14(23-22-15)8-9-19-16(18-3)20-10-12-6-4-5-7-13(12)17;/h4-7,11H,8-10H2,1-3H3,(H2,18,19,20);1H. The molecular formula is C16H23FIN5O.